The number of nitrogens with zero attached hydrogens (tertiary/aromatic N) is 1. The monoisotopic (exact) mass is 223 g/mol. The van der Waals surface area contributed by atoms with Crippen LogP contribution in [0.1, 0.15) is 36.5 Å². The Morgan fingerprint density at radius 1 is 1.31 bits per heavy atom. The Labute approximate surface area is 96.8 Å². The number of aryl methyl sites for hydroxylation is 2. The normalized spacial score (nSPS) is 15.8. The van der Waals surface area contributed by atoms with Crippen LogP contribution in [-0.4, -0.2) is 30.2 Å². The van der Waals surface area contributed by atoms with Crippen LogP contribution in [0.5, 0.6) is 0 Å². The van der Waals surface area contributed by atoms with E-state index in [1.807, 2.05) is 0 Å². The molecular formula is C12H21N3O. The smallest absolute Gasteiger partial charge is 0.120 e. The first-order valence-corrected chi connectivity index (χ1v) is 6.16. The van der Waals surface area contributed by atoms with Crippen molar-refractivity contribution >= 4 is 0 Å². The molecule has 0 saturated carbocycles. The minimum absolute atomic E-state index is 0.750. The second-order valence-electron chi connectivity index (χ2n) is 4.34. The largest absolute Gasteiger partial charge is 0.383 e. The van der Waals surface area contributed by atoms with E-state index in [-0.39, 0.29) is 0 Å². The predicted octanol–water partition coefficient (Wildman–Crippen LogP) is 1.41. The molecule has 0 atom stereocenters. The molecule has 1 heterocycles. The first-order chi connectivity index (χ1) is 7.90. The first-order valence-electron chi connectivity index (χ1n) is 6.16. The number of nitrogens with one attached hydrogen (secondary N) is 2. The van der Waals surface area contributed by atoms with Crippen molar-refractivity contribution in [1.82, 2.24) is 15.3 Å². The molecule has 0 aromatic carbocycles. The molecular weight excluding hydrogens is 202 g/mol. The van der Waals surface area contributed by atoms with Gasteiger partial charge in [0.2, 0.25) is 0 Å². The Hall–Kier alpha value is -0.870. The van der Waals surface area contributed by atoms with Gasteiger partial charge in [0.25, 0.3) is 0 Å². The van der Waals surface area contributed by atoms with Crippen LogP contribution in [0, 0.1) is 0 Å². The van der Waals surface area contributed by atoms with Crippen LogP contribution in [0.25, 0.3) is 0 Å². The van der Waals surface area contributed by atoms with Crippen LogP contribution in [0.2, 0.25) is 0 Å². The molecule has 1 aliphatic carbocycles. The summed E-state index contributed by atoms with van der Waals surface area (Å²) in [6.45, 7) is 2.44. The molecule has 0 amide bonds. The fourth-order valence-corrected chi connectivity index (χ4v) is 2.15. The minimum atomic E-state index is 0.750. The van der Waals surface area contributed by atoms with Crippen molar-refractivity contribution in [2.75, 3.05) is 20.3 Å². The van der Waals surface area contributed by atoms with Gasteiger partial charge in [-0.05, 0) is 25.7 Å². The molecule has 0 saturated heterocycles. The topological polar surface area (TPSA) is 49.9 Å². The molecule has 4 heteroatoms. The number of rotatable bonds is 5. The molecule has 4 nitrogen and oxygen atoms in total. The van der Waals surface area contributed by atoms with E-state index in [1.165, 1.54) is 37.1 Å². The number of hydrogen-bond donors (Lipinski definition) is 2. The van der Waals surface area contributed by atoms with Gasteiger partial charge < -0.3 is 15.0 Å². The SMILES string of the molecule is COCCNCc1nc2c([nH]1)CCCCC2. The van der Waals surface area contributed by atoms with Crippen LogP contribution in [-0.2, 0) is 24.1 Å². The van der Waals surface area contributed by atoms with Gasteiger partial charge in [-0.25, -0.2) is 4.98 Å². The summed E-state index contributed by atoms with van der Waals surface area (Å²) < 4.78 is 4.98. The van der Waals surface area contributed by atoms with E-state index in [1.54, 1.807) is 7.11 Å². The van der Waals surface area contributed by atoms with Gasteiger partial charge in [-0.2, -0.15) is 0 Å². The third kappa shape index (κ3) is 3.06. The fraction of sp³-hybridized carbons (Fsp3) is 0.750. The van der Waals surface area contributed by atoms with Crippen molar-refractivity contribution in [3.05, 3.63) is 17.2 Å². The van der Waals surface area contributed by atoms with E-state index in [2.05, 4.69) is 15.3 Å². The van der Waals surface area contributed by atoms with Crippen molar-refractivity contribution in [3.63, 3.8) is 0 Å². The van der Waals surface area contributed by atoms with Crippen molar-refractivity contribution < 1.29 is 4.74 Å². The van der Waals surface area contributed by atoms with Gasteiger partial charge in [-0.3, -0.25) is 0 Å². The highest BCUT2D eigenvalue weighted by molar-refractivity contribution is 5.16. The van der Waals surface area contributed by atoms with E-state index in [0.29, 0.717) is 0 Å². The summed E-state index contributed by atoms with van der Waals surface area (Å²) in [7, 11) is 1.72. The van der Waals surface area contributed by atoms with Gasteiger partial charge in [0.15, 0.2) is 0 Å². The number of ether oxygens (including phenoxy) is 1. The van der Waals surface area contributed by atoms with Crippen molar-refractivity contribution in [3.8, 4) is 0 Å². The van der Waals surface area contributed by atoms with E-state index >= 15 is 0 Å². The van der Waals surface area contributed by atoms with Gasteiger partial charge in [0.1, 0.15) is 5.82 Å². The standard InChI is InChI=1S/C12H21N3O/c1-16-8-7-13-9-12-14-10-5-3-2-4-6-11(10)15-12/h13H,2-9H2,1H3,(H,14,15). The van der Waals surface area contributed by atoms with Gasteiger partial charge in [-0.15, -0.1) is 0 Å². The molecule has 0 aliphatic heterocycles. The number of hydrogen-bond acceptors (Lipinski definition) is 3. The lowest BCUT2D eigenvalue weighted by atomic mass is 10.2. The van der Waals surface area contributed by atoms with Crippen molar-refractivity contribution in [2.24, 2.45) is 0 Å². The Bertz CT molecular complexity index is 299. The highest BCUT2D eigenvalue weighted by Crippen LogP contribution is 2.18. The van der Waals surface area contributed by atoms with Crippen LogP contribution >= 0.6 is 0 Å². The second kappa shape index (κ2) is 6.01. The zero-order valence-electron chi connectivity index (χ0n) is 10.0. The van der Waals surface area contributed by atoms with Gasteiger partial charge in [-0.1, -0.05) is 6.42 Å². The second-order valence-corrected chi connectivity index (χ2v) is 4.34. The summed E-state index contributed by atoms with van der Waals surface area (Å²) in [6.07, 6.45) is 6.23. The zero-order chi connectivity index (χ0) is 11.2. The molecule has 0 fully saturated rings. The summed E-state index contributed by atoms with van der Waals surface area (Å²) >= 11 is 0. The molecule has 0 unspecified atom stereocenters. The van der Waals surface area contributed by atoms with Crippen LogP contribution in [0.4, 0.5) is 0 Å². The van der Waals surface area contributed by atoms with Crippen molar-refractivity contribution in [2.45, 2.75) is 38.6 Å². The Balaban J connectivity index is 1.86. The average molecular weight is 223 g/mol. The average Bonchev–Trinajstić information content (AvgIpc) is 2.55. The summed E-state index contributed by atoms with van der Waals surface area (Å²) in [6, 6.07) is 0. The van der Waals surface area contributed by atoms with Gasteiger partial charge >= 0.3 is 0 Å². The van der Waals surface area contributed by atoms with Gasteiger partial charge in [0, 0.05) is 19.3 Å². The maximum Gasteiger partial charge on any atom is 0.120 e. The molecule has 0 bridgehead atoms. The summed E-state index contributed by atoms with van der Waals surface area (Å²) in [5, 5.41) is 3.31. The Morgan fingerprint density at radius 2 is 2.19 bits per heavy atom. The number of fused-ring (bicyclic) bond motifs is 1. The third-order valence-electron chi connectivity index (χ3n) is 3.03. The first kappa shape index (κ1) is 11.6. The molecule has 0 radical (unpaired) electrons. The zero-order valence-corrected chi connectivity index (χ0v) is 10.0. The molecule has 0 spiro atoms. The molecule has 90 valence electrons. The maximum absolute atomic E-state index is 4.98. The lowest BCUT2D eigenvalue weighted by Gasteiger charge is -2.01. The van der Waals surface area contributed by atoms with E-state index < -0.39 is 0 Å². The van der Waals surface area contributed by atoms with Crippen LogP contribution < -0.4 is 5.32 Å². The number of aromatic amines is 1. The number of methoxy groups -OCH3 is 1. The van der Waals surface area contributed by atoms with Gasteiger partial charge in [0.05, 0.1) is 18.8 Å². The predicted molar refractivity (Wildman–Crippen MR) is 63.4 cm³/mol. The fourth-order valence-electron chi connectivity index (χ4n) is 2.15. The van der Waals surface area contributed by atoms with E-state index in [9.17, 15) is 0 Å². The lowest BCUT2D eigenvalue weighted by Crippen LogP contribution is -2.19. The highest BCUT2D eigenvalue weighted by Gasteiger charge is 2.12. The Morgan fingerprint density at radius 3 is 3.06 bits per heavy atom. The molecule has 1 aromatic rings. The molecule has 1 aliphatic rings. The molecule has 16 heavy (non-hydrogen) atoms. The minimum Gasteiger partial charge on any atom is -0.383 e. The van der Waals surface area contributed by atoms with E-state index in [0.717, 1.165) is 31.9 Å². The maximum atomic E-state index is 4.98. The summed E-state index contributed by atoms with van der Waals surface area (Å²) in [5.41, 5.74) is 2.65. The molecule has 2 N–H and O–H groups in total. The Kier molecular flexibility index (Phi) is 4.36. The van der Waals surface area contributed by atoms with E-state index in [4.69, 9.17) is 4.74 Å². The van der Waals surface area contributed by atoms with Crippen molar-refractivity contribution in [1.29, 1.82) is 0 Å². The van der Waals surface area contributed by atoms with Crippen LogP contribution in [0.15, 0.2) is 0 Å². The summed E-state index contributed by atoms with van der Waals surface area (Å²) in [5.74, 6) is 1.07. The number of imidazole rings is 1. The number of H-pyrrole nitrogens is 1. The highest BCUT2D eigenvalue weighted by atomic mass is 16.5. The summed E-state index contributed by atoms with van der Waals surface area (Å²) in [4.78, 5) is 8.09. The molecule has 2 rings (SSSR count). The lowest BCUT2D eigenvalue weighted by molar-refractivity contribution is 0.199. The third-order valence-corrected chi connectivity index (χ3v) is 3.03. The quantitative estimate of drug-likeness (QED) is 0.586. The number of aromatic nitrogens is 2. The molecule has 1 aromatic heterocycles. The van der Waals surface area contributed by atoms with Crippen LogP contribution in [0.3, 0.4) is 0 Å².